The molecule has 1 saturated heterocycles. The Morgan fingerprint density at radius 2 is 1.80 bits per heavy atom. The van der Waals surface area contributed by atoms with Gasteiger partial charge in [0.15, 0.2) is 5.79 Å². The molecule has 1 aliphatic heterocycles. The van der Waals surface area contributed by atoms with E-state index >= 15 is 0 Å². The maximum absolute atomic E-state index is 9.27. The van der Waals surface area contributed by atoms with E-state index in [1.807, 2.05) is 19.9 Å². The quantitative estimate of drug-likeness (QED) is 0.572. The summed E-state index contributed by atoms with van der Waals surface area (Å²) < 4.78 is 11.4. The molecule has 0 unspecified atom stereocenters. The minimum atomic E-state index is -0.682. The molecule has 1 aliphatic rings. The molecule has 6 atom stereocenters. The van der Waals surface area contributed by atoms with E-state index in [0.717, 1.165) is 0 Å². The highest BCUT2D eigenvalue weighted by atomic mass is 16.7. The average Bonchev–Trinajstić information content (AvgIpc) is 2.57. The summed E-state index contributed by atoms with van der Waals surface area (Å²) in [6.45, 7) is 14.8. The molecule has 1 heterocycles. The van der Waals surface area contributed by atoms with E-state index in [1.54, 1.807) is 6.92 Å². The average molecular weight is 348 g/mol. The van der Waals surface area contributed by atoms with Crippen LogP contribution in [-0.4, -0.2) is 40.4 Å². The predicted molar refractivity (Wildman–Crippen MR) is 101 cm³/mol. The van der Waals surface area contributed by atoms with E-state index in [1.165, 1.54) is 6.08 Å². The molecular weight excluding hydrogens is 316 g/mol. The first-order valence-corrected chi connectivity index (χ1v) is 8.47. The van der Waals surface area contributed by atoms with Gasteiger partial charge < -0.3 is 19.7 Å². The Morgan fingerprint density at radius 1 is 1.20 bits per heavy atom. The second kappa shape index (κ2) is 11.1. The molecule has 0 aromatic rings. The summed E-state index contributed by atoms with van der Waals surface area (Å²) >= 11 is 0. The van der Waals surface area contributed by atoms with Gasteiger partial charge in [-0.15, -0.1) is 37.8 Å². The molecule has 0 amide bonds. The first-order chi connectivity index (χ1) is 11.6. The molecule has 4 nitrogen and oxygen atoms in total. The SMILES string of the molecule is C#CC[C@@H](O)[C@@H](C)[C@H](O)C=C.C#CC[C@H]1OC(C)(C)O[C@H](C=C)[C@@H]1C. The summed E-state index contributed by atoms with van der Waals surface area (Å²) in [5.41, 5.74) is 0. The molecule has 0 aromatic heterocycles. The highest BCUT2D eigenvalue weighted by Crippen LogP contribution is 2.32. The third kappa shape index (κ3) is 7.90. The second-order valence-corrected chi connectivity index (χ2v) is 6.70. The number of hydrogen-bond donors (Lipinski definition) is 2. The van der Waals surface area contributed by atoms with Crippen LogP contribution in [0.3, 0.4) is 0 Å². The van der Waals surface area contributed by atoms with Gasteiger partial charge in [-0.25, -0.2) is 0 Å². The van der Waals surface area contributed by atoms with E-state index in [9.17, 15) is 10.2 Å². The lowest BCUT2D eigenvalue weighted by molar-refractivity contribution is -0.307. The Bertz CT molecular complexity index is 497. The number of ether oxygens (including phenoxy) is 2. The lowest BCUT2D eigenvalue weighted by Crippen LogP contribution is -2.49. The largest absolute Gasteiger partial charge is 0.392 e. The Labute approximate surface area is 152 Å². The van der Waals surface area contributed by atoms with Crippen LogP contribution in [0.25, 0.3) is 0 Å². The van der Waals surface area contributed by atoms with Crippen molar-refractivity contribution >= 4 is 0 Å². The molecule has 1 fully saturated rings. The highest BCUT2D eigenvalue weighted by Gasteiger charge is 2.39. The van der Waals surface area contributed by atoms with Gasteiger partial charge in [-0.1, -0.05) is 26.0 Å². The van der Waals surface area contributed by atoms with Crippen LogP contribution in [0.2, 0.25) is 0 Å². The maximum atomic E-state index is 9.27. The third-order valence-corrected chi connectivity index (χ3v) is 4.23. The first kappa shape index (κ1) is 23.4. The van der Waals surface area contributed by atoms with Crippen LogP contribution < -0.4 is 0 Å². The number of hydrogen-bond acceptors (Lipinski definition) is 4. The molecule has 0 aromatic carbocycles. The minimum Gasteiger partial charge on any atom is -0.392 e. The number of aliphatic hydroxyl groups is 2. The van der Waals surface area contributed by atoms with Gasteiger partial charge in [0, 0.05) is 24.7 Å². The number of rotatable bonds is 6. The lowest BCUT2D eigenvalue weighted by atomic mass is 9.93. The number of aliphatic hydroxyl groups excluding tert-OH is 2. The van der Waals surface area contributed by atoms with E-state index in [4.69, 9.17) is 22.3 Å². The molecule has 1 rings (SSSR count). The summed E-state index contributed by atoms with van der Waals surface area (Å²) in [7, 11) is 0. The van der Waals surface area contributed by atoms with Crippen molar-refractivity contribution in [3.63, 3.8) is 0 Å². The van der Waals surface area contributed by atoms with Gasteiger partial charge in [0.05, 0.1) is 24.4 Å². The zero-order valence-electron chi connectivity index (χ0n) is 15.8. The van der Waals surface area contributed by atoms with Crippen LogP contribution in [0.4, 0.5) is 0 Å². The van der Waals surface area contributed by atoms with Crippen LogP contribution in [0.1, 0.15) is 40.5 Å². The second-order valence-electron chi connectivity index (χ2n) is 6.70. The molecule has 140 valence electrons. The monoisotopic (exact) mass is 348 g/mol. The normalized spacial score (nSPS) is 28.1. The first-order valence-electron chi connectivity index (χ1n) is 8.47. The van der Waals surface area contributed by atoms with Crippen molar-refractivity contribution in [2.24, 2.45) is 11.8 Å². The van der Waals surface area contributed by atoms with Crippen LogP contribution in [0.15, 0.2) is 25.3 Å². The van der Waals surface area contributed by atoms with Gasteiger partial charge in [0.25, 0.3) is 0 Å². The molecule has 2 N–H and O–H groups in total. The molecular formula is C21H32O4. The van der Waals surface area contributed by atoms with Crippen molar-refractivity contribution < 1.29 is 19.7 Å². The van der Waals surface area contributed by atoms with E-state index in [0.29, 0.717) is 6.42 Å². The molecule has 0 bridgehead atoms. The Hall–Kier alpha value is -1.56. The Morgan fingerprint density at radius 3 is 2.24 bits per heavy atom. The topological polar surface area (TPSA) is 58.9 Å². The van der Waals surface area contributed by atoms with E-state index in [-0.39, 0.29) is 30.5 Å². The lowest BCUT2D eigenvalue weighted by Gasteiger charge is -2.43. The molecule has 0 saturated carbocycles. The van der Waals surface area contributed by atoms with Gasteiger partial charge in [0.1, 0.15) is 0 Å². The fourth-order valence-corrected chi connectivity index (χ4v) is 2.50. The van der Waals surface area contributed by atoms with Crippen molar-refractivity contribution in [3.8, 4) is 24.7 Å². The smallest absolute Gasteiger partial charge is 0.163 e. The molecule has 25 heavy (non-hydrogen) atoms. The van der Waals surface area contributed by atoms with Gasteiger partial charge in [-0.3, -0.25) is 0 Å². The van der Waals surface area contributed by atoms with E-state index < -0.39 is 18.0 Å². The Kier molecular flexibility index (Phi) is 10.4. The summed E-state index contributed by atoms with van der Waals surface area (Å²) in [5, 5.41) is 18.4. The summed E-state index contributed by atoms with van der Waals surface area (Å²) in [5.74, 6) is 4.42. The zero-order valence-corrected chi connectivity index (χ0v) is 15.8. The van der Waals surface area contributed by atoms with Crippen molar-refractivity contribution in [2.45, 2.75) is 70.7 Å². The van der Waals surface area contributed by atoms with Gasteiger partial charge in [-0.2, -0.15) is 0 Å². The third-order valence-electron chi connectivity index (χ3n) is 4.23. The molecule has 4 heteroatoms. The fraction of sp³-hybridized carbons (Fsp3) is 0.619. The van der Waals surface area contributed by atoms with Crippen LogP contribution in [-0.2, 0) is 9.47 Å². The number of terminal acetylenes is 2. The van der Waals surface area contributed by atoms with Gasteiger partial charge in [0.2, 0.25) is 0 Å². The standard InChI is InChI=1S/C12H18O2.C9H14O2/c1-6-8-11-9(3)10(7-2)13-12(4,5)14-11;1-4-6-9(11)7(3)8(10)5-2/h1,7,9-11H,2,8H2,3-5H3;1,5,7-11H,2,6H2,3H3/t9-,10+,11+;7-,8+,9+/m00/s1. The minimum absolute atomic E-state index is 0.0251. The summed E-state index contributed by atoms with van der Waals surface area (Å²) in [6, 6.07) is 0. The maximum Gasteiger partial charge on any atom is 0.163 e. The summed E-state index contributed by atoms with van der Waals surface area (Å²) in [6.07, 6.45) is 13.2. The molecule has 0 radical (unpaired) electrons. The molecule has 0 aliphatic carbocycles. The van der Waals surface area contributed by atoms with Crippen molar-refractivity contribution in [1.82, 2.24) is 0 Å². The molecule has 0 spiro atoms. The summed E-state index contributed by atoms with van der Waals surface area (Å²) in [4.78, 5) is 0. The highest BCUT2D eigenvalue weighted by molar-refractivity contribution is 4.97. The van der Waals surface area contributed by atoms with Crippen molar-refractivity contribution in [1.29, 1.82) is 0 Å². The fourth-order valence-electron chi connectivity index (χ4n) is 2.50. The van der Waals surface area contributed by atoms with Gasteiger partial charge >= 0.3 is 0 Å². The van der Waals surface area contributed by atoms with Crippen LogP contribution in [0, 0.1) is 36.5 Å². The zero-order chi connectivity index (χ0) is 19.6. The Balaban J connectivity index is 0.000000477. The van der Waals surface area contributed by atoms with Crippen molar-refractivity contribution in [3.05, 3.63) is 25.3 Å². The van der Waals surface area contributed by atoms with Gasteiger partial charge in [-0.05, 0) is 13.8 Å². The van der Waals surface area contributed by atoms with Crippen molar-refractivity contribution in [2.75, 3.05) is 0 Å². The van der Waals surface area contributed by atoms with Crippen LogP contribution in [0.5, 0.6) is 0 Å². The van der Waals surface area contributed by atoms with Crippen LogP contribution >= 0.6 is 0 Å². The van der Waals surface area contributed by atoms with E-state index in [2.05, 4.69) is 31.9 Å². The predicted octanol–water partition coefficient (Wildman–Crippen LogP) is 2.91.